The van der Waals surface area contributed by atoms with E-state index in [1.54, 1.807) is 6.92 Å². The third-order valence-corrected chi connectivity index (χ3v) is 4.46. The number of esters is 1. The molecule has 0 amide bonds. The molecule has 1 heterocycles. The molecule has 0 unspecified atom stereocenters. The van der Waals surface area contributed by atoms with Gasteiger partial charge >= 0.3 is 11.9 Å². The number of nitrogens with zero attached hydrogens (tertiary/aromatic N) is 1. The maximum absolute atomic E-state index is 11.7. The highest BCUT2D eigenvalue weighted by atomic mass is 32.2. The quantitative estimate of drug-likeness (QED) is 0.689. The first-order valence-corrected chi connectivity index (χ1v) is 7.06. The van der Waals surface area contributed by atoms with Gasteiger partial charge in [-0.05, 0) is 6.92 Å². The van der Waals surface area contributed by atoms with Crippen molar-refractivity contribution in [1.29, 1.82) is 0 Å². The molecule has 2 N–H and O–H groups in total. The van der Waals surface area contributed by atoms with Gasteiger partial charge in [0.25, 0.3) is 10.0 Å². The van der Waals surface area contributed by atoms with Gasteiger partial charge in [-0.25, -0.2) is 18.2 Å². The van der Waals surface area contributed by atoms with E-state index < -0.39 is 38.4 Å². The molecule has 1 aromatic heterocycles. The van der Waals surface area contributed by atoms with Crippen LogP contribution in [0.1, 0.15) is 17.4 Å². The van der Waals surface area contributed by atoms with E-state index in [9.17, 15) is 18.0 Å². The molecule has 0 saturated carbocycles. The fourth-order valence-corrected chi connectivity index (χ4v) is 3.15. The number of hydrogen-bond donors (Lipinski definition) is 2. The summed E-state index contributed by atoms with van der Waals surface area (Å²) in [4.78, 5) is 25.2. The number of thiazole rings is 1. The Morgan fingerprint density at radius 3 is 2.78 bits per heavy atom. The lowest BCUT2D eigenvalue weighted by Crippen LogP contribution is -2.31. The monoisotopic (exact) mass is 294 g/mol. The minimum absolute atomic E-state index is 0.126. The third-order valence-electron chi connectivity index (χ3n) is 1.69. The van der Waals surface area contributed by atoms with Crippen molar-refractivity contribution in [3.8, 4) is 0 Å². The van der Waals surface area contributed by atoms with Gasteiger partial charge in [0.1, 0.15) is 6.54 Å². The Bertz CT molecular complexity index is 550. The van der Waals surface area contributed by atoms with E-state index in [0.29, 0.717) is 11.3 Å². The Morgan fingerprint density at radius 1 is 1.56 bits per heavy atom. The number of sulfonamides is 1. The van der Waals surface area contributed by atoms with E-state index in [1.807, 2.05) is 4.72 Å². The summed E-state index contributed by atoms with van der Waals surface area (Å²) in [5, 5.41) is 8.74. The number of ether oxygens (including phenoxy) is 1. The molecule has 1 aromatic rings. The van der Waals surface area contributed by atoms with Crippen molar-refractivity contribution in [3.63, 3.8) is 0 Å². The van der Waals surface area contributed by atoms with Gasteiger partial charge in [0, 0.05) is 0 Å². The van der Waals surface area contributed by atoms with Gasteiger partial charge in [-0.3, -0.25) is 4.79 Å². The van der Waals surface area contributed by atoms with E-state index in [1.165, 1.54) is 0 Å². The lowest BCUT2D eigenvalue weighted by atomic mass is 10.5. The average molecular weight is 294 g/mol. The molecule has 0 aliphatic rings. The van der Waals surface area contributed by atoms with Gasteiger partial charge in [0.15, 0.2) is 9.90 Å². The zero-order valence-electron chi connectivity index (χ0n) is 9.24. The Balaban J connectivity index is 2.84. The minimum atomic E-state index is -4.08. The molecule has 0 aromatic carbocycles. The number of rotatable bonds is 6. The second-order valence-electron chi connectivity index (χ2n) is 2.92. The molecule has 0 radical (unpaired) electrons. The van der Waals surface area contributed by atoms with Crippen LogP contribution in [0.3, 0.4) is 0 Å². The lowest BCUT2D eigenvalue weighted by molar-refractivity contribution is -0.141. The first kappa shape index (κ1) is 14.5. The van der Waals surface area contributed by atoms with Crippen LogP contribution in [0.25, 0.3) is 0 Å². The largest absolute Gasteiger partial charge is 0.476 e. The van der Waals surface area contributed by atoms with E-state index >= 15 is 0 Å². The Labute approximate surface area is 107 Å². The molecule has 0 aliphatic heterocycles. The van der Waals surface area contributed by atoms with Crippen molar-refractivity contribution in [3.05, 3.63) is 11.2 Å². The third kappa shape index (κ3) is 3.48. The number of aromatic nitrogens is 1. The van der Waals surface area contributed by atoms with Gasteiger partial charge in [-0.1, -0.05) is 0 Å². The molecule has 0 aliphatic carbocycles. The molecule has 0 spiro atoms. The number of carbonyl (C=O) groups excluding carboxylic acids is 1. The van der Waals surface area contributed by atoms with Crippen LogP contribution in [-0.4, -0.2) is 43.6 Å². The van der Waals surface area contributed by atoms with Crippen molar-refractivity contribution in [2.24, 2.45) is 0 Å². The van der Waals surface area contributed by atoms with Crippen LogP contribution in [0.15, 0.2) is 9.72 Å². The second-order valence-corrected chi connectivity index (χ2v) is 5.74. The van der Waals surface area contributed by atoms with Crippen molar-refractivity contribution >= 4 is 33.3 Å². The summed E-state index contributed by atoms with van der Waals surface area (Å²) in [6.07, 6.45) is 0. The first-order chi connectivity index (χ1) is 8.38. The predicted octanol–water partition coefficient (Wildman–Crippen LogP) is -0.317. The zero-order chi connectivity index (χ0) is 13.8. The maximum Gasteiger partial charge on any atom is 0.356 e. The Kier molecular flexibility index (Phi) is 4.76. The summed E-state index contributed by atoms with van der Waals surface area (Å²) in [5.74, 6) is -2.20. The van der Waals surface area contributed by atoms with Gasteiger partial charge in [0.2, 0.25) is 0 Å². The summed E-state index contributed by atoms with van der Waals surface area (Å²) in [5.41, 5.74) is 0.527. The number of carboxylic acid groups (broad SMARTS) is 1. The molecule has 100 valence electrons. The Hall–Kier alpha value is -1.52. The molecular weight excluding hydrogens is 284 g/mol. The van der Waals surface area contributed by atoms with Gasteiger partial charge in [-0.2, -0.15) is 4.72 Å². The minimum Gasteiger partial charge on any atom is -0.476 e. The SMILES string of the molecule is CCOC(=O)CNS(=O)(=O)c1scnc1C(=O)O. The molecule has 18 heavy (non-hydrogen) atoms. The molecule has 0 fully saturated rings. The Morgan fingerprint density at radius 2 is 2.22 bits per heavy atom. The number of nitrogens with one attached hydrogen (secondary N) is 1. The van der Waals surface area contributed by atoms with E-state index in [4.69, 9.17) is 5.11 Å². The van der Waals surface area contributed by atoms with Gasteiger partial charge in [0.05, 0.1) is 12.1 Å². The highest BCUT2D eigenvalue weighted by Crippen LogP contribution is 2.19. The van der Waals surface area contributed by atoms with Crippen LogP contribution >= 0.6 is 11.3 Å². The molecule has 10 heteroatoms. The van der Waals surface area contributed by atoms with Crippen LogP contribution in [-0.2, 0) is 19.6 Å². The van der Waals surface area contributed by atoms with Gasteiger partial charge < -0.3 is 9.84 Å². The maximum atomic E-state index is 11.7. The van der Waals surface area contributed by atoms with Crippen LogP contribution in [0.5, 0.6) is 0 Å². The fourth-order valence-electron chi connectivity index (χ4n) is 1.00. The predicted molar refractivity (Wildman–Crippen MR) is 60.9 cm³/mol. The second kappa shape index (κ2) is 5.89. The van der Waals surface area contributed by atoms with E-state index in [2.05, 4.69) is 9.72 Å². The average Bonchev–Trinajstić information content (AvgIpc) is 2.76. The van der Waals surface area contributed by atoms with Crippen LogP contribution in [0.2, 0.25) is 0 Å². The zero-order valence-corrected chi connectivity index (χ0v) is 10.9. The van der Waals surface area contributed by atoms with Crippen LogP contribution < -0.4 is 4.72 Å². The standard InChI is InChI=1S/C8H10N2O6S2/c1-2-16-5(11)3-10-18(14,15)8-6(7(12)13)9-4-17-8/h4,10H,2-3H2,1H3,(H,12,13). The van der Waals surface area contributed by atoms with Crippen molar-refractivity contribution in [2.75, 3.05) is 13.2 Å². The molecule has 0 atom stereocenters. The topological polar surface area (TPSA) is 123 Å². The molecule has 0 saturated heterocycles. The number of hydrogen-bond acceptors (Lipinski definition) is 7. The smallest absolute Gasteiger partial charge is 0.356 e. The fraction of sp³-hybridized carbons (Fsp3) is 0.375. The molecule has 8 nitrogen and oxygen atoms in total. The lowest BCUT2D eigenvalue weighted by Gasteiger charge is -2.04. The van der Waals surface area contributed by atoms with Crippen molar-refractivity contribution < 1.29 is 27.9 Å². The van der Waals surface area contributed by atoms with Crippen molar-refractivity contribution in [2.45, 2.75) is 11.1 Å². The number of carboxylic acids is 1. The number of aromatic carboxylic acids is 1. The summed E-state index contributed by atoms with van der Waals surface area (Å²) in [6, 6.07) is 0. The summed E-state index contributed by atoms with van der Waals surface area (Å²) in [6.45, 7) is 1.15. The van der Waals surface area contributed by atoms with Gasteiger partial charge in [-0.15, -0.1) is 11.3 Å². The summed E-state index contributed by atoms with van der Waals surface area (Å²) < 4.78 is 29.5. The van der Waals surface area contributed by atoms with Crippen LogP contribution in [0.4, 0.5) is 0 Å². The highest BCUT2D eigenvalue weighted by molar-refractivity contribution is 7.91. The highest BCUT2D eigenvalue weighted by Gasteiger charge is 2.26. The molecular formula is C8H10N2O6S2. The van der Waals surface area contributed by atoms with E-state index in [-0.39, 0.29) is 6.61 Å². The first-order valence-electron chi connectivity index (χ1n) is 4.70. The molecule has 0 bridgehead atoms. The van der Waals surface area contributed by atoms with E-state index in [0.717, 1.165) is 5.51 Å². The number of carbonyl (C=O) groups is 2. The van der Waals surface area contributed by atoms with Crippen molar-refractivity contribution in [1.82, 2.24) is 9.71 Å². The molecule has 1 rings (SSSR count). The normalized spacial score (nSPS) is 11.2. The summed E-state index contributed by atoms with van der Waals surface area (Å²) >= 11 is 0.655. The van der Waals surface area contributed by atoms with Crippen LogP contribution in [0, 0.1) is 0 Å². The summed E-state index contributed by atoms with van der Waals surface area (Å²) in [7, 11) is -4.08.